The number of hydrazone groups is 1. The Morgan fingerprint density at radius 3 is 2.45 bits per heavy atom. The van der Waals surface area contributed by atoms with Crippen LogP contribution in [-0.4, -0.2) is 11.3 Å². The van der Waals surface area contributed by atoms with Crippen LogP contribution < -0.4 is 10.7 Å². The average molecular weight is 319 g/mol. The van der Waals surface area contributed by atoms with Gasteiger partial charge in [0, 0.05) is 5.69 Å². The number of hydrogen-bond acceptors (Lipinski definition) is 2. The maximum absolute atomic E-state index is 13.4. The molecule has 0 amide bonds. The lowest BCUT2D eigenvalue weighted by molar-refractivity contribution is 0.580. The monoisotopic (exact) mass is 319 g/mol. The van der Waals surface area contributed by atoms with Gasteiger partial charge in [-0.05, 0) is 49.8 Å². The molecule has 3 nitrogen and oxygen atoms in total. The topological polar surface area (TPSA) is 36.4 Å². The summed E-state index contributed by atoms with van der Waals surface area (Å²) in [6.07, 6.45) is 1.06. The summed E-state index contributed by atoms with van der Waals surface area (Å²) in [5.74, 6) is -1.36. The zero-order chi connectivity index (χ0) is 16.1. The molecule has 0 bridgehead atoms. The number of anilines is 1. The first-order valence-corrected chi connectivity index (χ1v) is 6.99. The third kappa shape index (κ3) is 4.08. The molecule has 2 aromatic carbocycles. The fourth-order valence-corrected chi connectivity index (χ4v) is 2.06. The lowest BCUT2D eigenvalue weighted by Gasteiger charge is -2.10. The molecule has 0 saturated carbocycles. The van der Waals surface area contributed by atoms with Gasteiger partial charge in [0.15, 0.2) is 5.11 Å². The minimum Gasteiger partial charge on any atom is -0.331 e. The summed E-state index contributed by atoms with van der Waals surface area (Å²) in [6.45, 7) is 3.95. The molecule has 0 aliphatic rings. The van der Waals surface area contributed by atoms with Crippen molar-refractivity contribution in [1.29, 1.82) is 0 Å². The minimum absolute atomic E-state index is 0.218. The number of nitrogens with zero attached hydrogens (tertiary/aromatic N) is 1. The van der Waals surface area contributed by atoms with Crippen LogP contribution in [-0.2, 0) is 0 Å². The van der Waals surface area contributed by atoms with Crippen molar-refractivity contribution in [2.24, 2.45) is 5.10 Å². The van der Waals surface area contributed by atoms with Crippen LogP contribution in [0.4, 0.5) is 14.5 Å². The first-order valence-electron chi connectivity index (χ1n) is 6.58. The van der Waals surface area contributed by atoms with Crippen molar-refractivity contribution in [2.75, 3.05) is 5.32 Å². The van der Waals surface area contributed by atoms with Crippen LogP contribution in [0.5, 0.6) is 0 Å². The minimum atomic E-state index is -0.682. The van der Waals surface area contributed by atoms with Gasteiger partial charge in [-0.3, -0.25) is 5.43 Å². The second kappa shape index (κ2) is 7.09. The number of thiocarbonyl (C=S) groups is 1. The molecular formula is C16H15F2N3S. The summed E-state index contributed by atoms with van der Waals surface area (Å²) in [6, 6.07) is 9.49. The highest BCUT2D eigenvalue weighted by Crippen LogP contribution is 2.15. The van der Waals surface area contributed by atoms with E-state index in [1.54, 1.807) is 0 Å². The van der Waals surface area contributed by atoms with Crippen LogP contribution in [0.15, 0.2) is 41.5 Å². The molecule has 22 heavy (non-hydrogen) atoms. The molecule has 0 aromatic heterocycles. The Balaban J connectivity index is 1.99. The van der Waals surface area contributed by atoms with E-state index >= 15 is 0 Å². The Morgan fingerprint density at radius 2 is 1.82 bits per heavy atom. The quantitative estimate of drug-likeness (QED) is 0.512. The lowest BCUT2D eigenvalue weighted by atomic mass is 10.1. The van der Waals surface area contributed by atoms with Crippen molar-refractivity contribution in [3.63, 3.8) is 0 Å². The maximum Gasteiger partial charge on any atom is 0.191 e. The number of halogens is 2. The van der Waals surface area contributed by atoms with Crippen molar-refractivity contribution >= 4 is 29.2 Å². The zero-order valence-corrected chi connectivity index (χ0v) is 13.0. The zero-order valence-electron chi connectivity index (χ0n) is 12.2. The molecule has 2 N–H and O–H groups in total. The third-order valence-corrected chi connectivity index (χ3v) is 3.18. The van der Waals surface area contributed by atoms with Crippen molar-refractivity contribution in [3.05, 3.63) is 64.7 Å². The van der Waals surface area contributed by atoms with Crippen LogP contribution in [0.25, 0.3) is 0 Å². The smallest absolute Gasteiger partial charge is 0.191 e. The predicted molar refractivity (Wildman–Crippen MR) is 89.2 cm³/mol. The lowest BCUT2D eigenvalue weighted by Crippen LogP contribution is -2.24. The van der Waals surface area contributed by atoms with E-state index in [0.29, 0.717) is 0 Å². The summed E-state index contributed by atoms with van der Waals surface area (Å²) in [5.41, 5.74) is 5.34. The van der Waals surface area contributed by atoms with Gasteiger partial charge in [-0.25, -0.2) is 8.78 Å². The van der Waals surface area contributed by atoms with Crippen LogP contribution >= 0.6 is 12.2 Å². The molecule has 0 aliphatic carbocycles. The second-order valence-electron chi connectivity index (χ2n) is 4.78. The van der Waals surface area contributed by atoms with Crippen LogP contribution in [0.2, 0.25) is 0 Å². The van der Waals surface area contributed by atoms with Crippen LogP contribution in [0.1, 0.15) is 16.7 Å². The summed E-state index contributed by atoms with van der Waals surface area (Å²) < 4.78 is 26.8. The molecule has 0 spiro atoms. The molecule has 0 saturated heterocycles. The summed E-state index contributed by atoms with van der Waals surface area (Å²) in [5, 5.41) is 6.96. The fraction of sp³-hybridized carbons (Fsp3) is 0.125. The normalized spacial score (nSPS) is 10.7. The number of rotatable bonds is 3. The highest BCUT2D eigenvalue weighted by atomic mass is 32.1. The van der Waals surface area contributed by atoms with Crippen LogP contribution in [0.3, 0.4) is 0 Å². The molecule has 114 valence electrons. The maximum atomic E-state index is 13.4. The van der Waals surface area contributed by atoms with Crippen molar-refractivity contribution < 1.29 is 8.78 Å². The van der Waals surface area contributed by atoms with E-state index in [-0.39, 0.29) is 10.7 Å². The summed E-state index contributed by atoms with van der Waals surface area (Å²) >= 11 is 5.09. The highest BCUT2D eigenvalue weighted by molar-refractivity contribution is 7.80. The number of benzene rings is 2. The third-order valence-electron chi connectivity index (χ3n) is 2.99. The first kappa shape index (κ1) is 16.0. The van der Waals surface area contributed by atoms with E-state index in [1.807, 2.05) is 32.0 Å². The van der Waals surface area contributed by atoms with E-state index in [0.717, 1.165) is 35.2 Å². The molecule has 0 heterocycles. The van der Waals surface area contributed by atoms with Crippen molar-refractivity contribution in [2.45, 2.75) is 13.8 Å². The molecule has 0 fully saturated rings. The molecule has 0 radical (unpaired) electrons. The largest absolute Gasteiger partial charge is 0.331 e. The second-order valence-corrected chi connectivity index (χ2v) is 5.19. The van der Waals surface area contributed by atoms with E-state index in [9.17, 15) is 8.78 Å². The van der Waals surface area contributed by atoms with Crippen molar-refractivity contribution in [1.82, 2.24) is 5.43 Å². The van der Waals surface area contributed by atoms with Gasteiger partial charge < -0.3 is 5.32 Å². The number of hydrogen-bond donors (Lipinski definition) is 2. The van der Waals surface area contributed by atoms with E-state index in [4.69, 9.17) is 12.2 Å². The van der Waals surface area contributed by atoms with Gasteiger partial charge in [-0.15, -0.1) is 0 Å². The van der Waals surface area contributed by atoms with Crippen LogP contribution in [0, 0.1) is 25.5 Å². The predicted octanol–water partition coefficient (Wildman–Crippen LogP) is 3.90. The molecular weight excluding hydrogens is 304 g/mol. The van der Waals surface area contributed by atoms with Gasteiger partial charge in [-0.2, -0.15) is 5.10 Å². The highest BCUT2D eigenvalue weighted by Gasteiger charge is 2.05. The Kier molecular flexibility index (Phi) is 5.16. The molecule has 2 aromatic rings. The molecule has 0 unspecified atom stereocenters. The average Bonchev–Trinajstić information content (AvgIpc) is 2.45. The van der Waals surface area contributed by atoms with Crippen molar-refractivity contribution in [3.8, 4) is 0 Å². The fourth-order valence-electron chi connectivity index (χ4n) is 1.89. The van der Waals surface area contributed by atoms with Gasteiger partial charge in [0.05, 0.1) is 11.8 Å². The van der Waals surface area contributed by atoms with Gasteiger partial charge in [-0.1, -0.05) is 23.8 Å². The standard InChI is InChI=1S/C16H15F2N3S/c1-10-6-7-15(11(2)8-10)20-16(22)21-19-9-12-13(17)4-3-5-14(12)18/h3-9H,1-2H3,(H2,20,21,22). The van der Waals surface area contributed by atoms with E-state index in [2.05, 4.69) is 15.8 Å². The van der Waals surface area contributed by atoms with Gasteiger partial charge in [0.25, 0.3) is 0 Å². The molecule has 0 aliphatic heterocycles. The molecule has 0 atom stereocenters. The Bertz CT molecular complexity index is 709. The van der Waals surface area contributed by atoms with E-state index in [1.165, 1.54) is 6.07 Å². The Morgan fingerprint density at radius 1 is 1.14 bits per heavy atom. The Labute approximate surface area is 133 Å². The van der Waals surface area contributed by atoms with Gasteiger partial charge in [0.1, 0.15) is 11.6 Å². The molecule has 6 heteroatoms. The first-order chi connectivity index (χ1) is 10.5. The van der Waals surface area contributed by atoms with Gasteiger partial charge in [0.2, 0.25) is 0 Å². The van der Waals surface area contributed by atoms with E-state index < -0.39 is 11.6 Å². The SMILES string of the molecule is Cc1ccc(NC(=S)NN=Cc2c(F)cccc2F)c(C)c1. The summed E-state index contributed by atoms with van der Waals surface area (Å²) in [7, 11) is 0. The Hall–Kier alpha value is -2.34. The summed E-state index contributed by atoms with van der Waals surface area (Å²) in [4.78, 5) is 0. The molecule has 2 rings (SSSR count). The van der Waals surface area contributed by atoms with Gasteiger partial charge >= 0.3 is 0 Å². The number of aryl methyl sites for hydroxylation is 2. The number of nitrogens with one attached hydrogen (secondary N) is 2.